The van der Waals surface area contributed by atoms with E-state index in [0.717, 1.165) is 11.8 Å². The lowest BCUT2D eigenvalue weighted by atomic mass is 9.87. The third-order valence-electron chi connectivity index (χ3n) is 3.01. The Morgan fingerprint density at radius 3 is 2.14 bits per heavy atom. The second-order valence-electron chi connectivity index (χ2n) is 4.77. The van der Waals surface area contributed by atoms with Crippen molar-refractivity contribution in [2.45, 2.75) is 71.0 Å². The molecule has 0 aromatic rings. The smallest absolute Gasteiger partial charge is 0.0120 e. The summed E-state index contributed by atoms with van der Waals surface area (Å²) in [4.78, 5) is 0.682. The number of halogens is 1. The highest BCUT2D eigenvalue weighted by atomic mass is 79.9. The summed E-state index contributed by atoms with van der Waals surface area (Å²) in [6.07, 6.45) is 8.30. The molecule has 0 saturated carbocycles. The van der Waals surface area contributed by atoms with Gasteiger partial charge in [-0.3, -0.25) is 0 Å². The van der Waals surface area contributed by atoms with E-state index in [1.807, 2.05) is 0 Å². The molecule has 0 aliphatic rings. The molecule has 0 aliphatic carbocycles. The summed E-state index contributed by atoms with van der Waals surface area (Å²) in [5, 5.41) is 0. The average Bonchev–Trinajstić information content (AvgIpc) is 2.10. The second-order valence-corrected chi connectivity index (χ2v) is 6.34. The molecule has 0 spiro atoms. The lowest BCUT2D eigenvalue weighted by Crippen LogP contribution is -2.09. The molecular formula is C13H27Br. The summed E-state index contributed by atoms with van der Waals surface area (Å²) >= 11 is 3.64. The normalized spacial score (nSPS) is 17.8. The molecule has 0 aliphatic heterocycles. The van der Waals surface area contributed by atoms with Gasteiger partial charge in [0, 0.05) is 4.83 Å². The van der Waals surface area contributed by atoms with Gasteiger partial charge in [0.25, 0.3) is 0 Å². The first-order valence-electron chi connectivity index (χ1n) is 6.24. The summed E-state index contributed by atoms with van der Waals surface area (Å²) in [7, 11) is 0. The van der Waals surface area contributed by atoms with Gasteiger partial charge in [0.2, 0.25) is 0 Å². The number of hydrogen-bond acceptors (Lipinski definition) is 0. The van der Waals surface area contributed by atoms with Crippen molar-refractivity contribution in [3.05, 3.63) is 0 Å². The van der Waals surface area contributed by atoms with Crippen LogP contribution in [0.15, 0.2) is 0 Å². The van der Waals surface area contributed by atoms with Crippen LogP contribution in [0, 0.1) is 11.8 Å². The summed E-state index contributed by atoms with van der Waals surface area (Å²) in [6.45, 7) is 9.27. The first-order chi connectivity index (χ1) is 6.60. The highest BCUT2D eigenvalue weighted by Crippen LogP contribution is 2.25. The van der Waals surface area contributed by atoms with Gasteiger partial charge in [-0.1, -0.05) is 69.3 Å². The van der Waals surface area contributed by atoms with Crippen molar-refractivity contribution >= 4 is 15.9 Å². The maximum Gasteiger partial charge on any atom is 0.0120 e. The fourth-order valence-electron chi connectivity index (χ4n) is 2.20. The highest BCUT2D eigenvalue weighted by Gasteiger charge is 2.12. The minimum Gasteiger partial charge on any atom is -0.0894 e. The van der Waals surface area contributed by atoms with Crippen molar-refractivity contribution in [3.8, 4) is 0 Å². The van der Waals surface area contributed by atoms with Gasteiger partial charge in [-0.05, 0) is 24.7 Å². The first kappa shape index (κ1) is 14.5. The zero-order chi connectivity index (χ0) is 11.0. The molecule has 0 N–H and O–H groups in total. The molecule has 86 valence electrons. The SMILES string of the molecule is CCCCC(CC)CC(C)CC(C)Br. The molecule has 0 rings (SSSR count). The molecule has 1 heteroatoms. The zero-order valence-electron chi connectivity index (χ0n) is 10.4. The van der Waals surface area contributed by atoms with Gasteiger partial charge in [-0.25, -0.2) is 0 Å². The molecule has 0 amide bonds. The molecule has 14 heavy (non-hydrogen) atoms. The Labute approximate surface area is 99.0 Å². The Hall–Kier alpha value is 0.480. The third-order valence-corrected chi connectivity index (χ3v) is 3.38. The van der Waals surface area contributed by atoms with Crippen molar-refractivity contribution in [2.24, 2.45) is 11.8 Å². The zero-order valence-corrected chi connectivity index (χ0v) is 11.9. The molecule has 0 radical (unpaired) electrons. The van der Waals surface area contributed by atoms with E-state index in [1.54, 1.807) is 0 Å². The standard InChI is InChI=1S/C13H27Br/c1-5-7-8-13(6-2)10-11(3)9-12(4)14/h11-13H,5-10H2,1-4H3. The predicted molar refractivity (Wildman–Crippen MR) is 70.1 cm³/mol. The van der Waals surface area contributed by atoms with Crippen LogP contribution in [0.25, 0.3) is 0 Å². The van der Waals surface area contributed by atoms with Gasteiger partial charge in [-0.2, -0.15) is 0 Å². The quantitative estimate of drug-likeness (QED) is 0.514. The Morgan fingerprint density at radius 2 is 1.71 bits per heavy atom. The van der Waals surface area contributed by atoms with E-state index in [-0.39, 0.29) is 0 Å². The Balaban J connectivity index is 3.68. The van der Waals surface area contributed by atoms with E-state index in [4.69, 9.17) is 0 Å². The van der Waals surface area contributed by atoms with E-state index in [0.29, 0.717) is 4.83 Å². The molecule has 0 fully saturated rings. The minimum atomic E-state index is 0.682. The second kappa shape index (κ2) is 8.76. The average molecular weight is 263 g/mol. The van der Waals surface area contributed by atoms with Gasteiger partial charge in [-0.15, -0.1) is 0 Å². The van der Waals surface area contributed by atoms with Gasteiger partial charge < -0.3 is 0 Å². The number of alkyl halides is 1. The fraction of sp³-hybridized carbons (Fsp3) is 1.00. The highest BCUT2D eigenvalue weighted by molar-refractivity contribution is 9.09. The Morgan fingerprint density at radius 1 is 1.07 bits per heavy atom. The van der Waals surface area contributed by atoms with Gasteiger partial charge in [0.1, 0.15) is 0 Å². The van der Waals surface area contributed by atoms with Crippen LogP contribution in [0.4, 0.5) is 0 Å². The number of hydrogen-bond donors (Lipinski definition) is 0. The van der Waals surface area contributed by atoms with Crippen molar-refractivity contribution in [1.29, 1.82) is 0 Å². The molecule has 3 atom stereocenters. The van der Waals surface area contributed by atoms with E-state index < -0.39 is 0 Å². The van der Waals surface area contributed by atoms with Crippen molar-refractivity contribution < 1.29 is 0 Å². The summed E-state index contributed by atoms with van der Waals surface area (Å²) < 4.78 is 0. The topological polar surface area (TPSA) is 0 Å². The van der Waals surface area contributed by atoms with E-state index >= 15 is 0 Å². The maximum absolute atomic E-state index is 3.64. The summed E-state index contributed by atoms with van der Waals surface area (Å²) in [6, 6.07) is 0. The number of rotatable bonds is 8. The predicted octanol–water partition coefficient (Wildman–Crippen LogP) is 5.40. The van der Waals surface area contributed by atoms with Gasteiger partial charge >= 0.3 is 0 Å². The molecular weight excluding hydrogens is 236 g/mol. The Kier molecular flexibility index (Phi) is 9.06. The summed E-state index contributed by atoms with van der Waals surface area (Å²) in [5.74, 6) is 1.85. The van der Waals surface area contributed by atoms with E-state index in [2.05, 4.69) is 43.6 Å². The van der Waals surface area contributed by atoms with Crippen LogP contribution in [-0.4, -0.2) is 4.83 Å². The van der Waals surface area contributed by atoms with E-state index in [9.17, 15) is 0 Å². The largest absolute Gasteiger partial charge is 0.0894 e. The molecule has 0 saturated heterocycles. The van der Waals surface area contributed by atoms with Crippen LogP contribution in [0.2, 0.25) is 0 Å². The molecule has 0 bridgehead atoms. The molecule has 0 aromatic heterocycles. The fourth-order valence-corrected chi connectivity index (χ4v) is 2.84. The van der Waals surface area contributed by atoms with Crippen molar-refractivity contribution in [3.63, 3.8) is 0 Å². The minimum absolute atomic E-state index is 0.682. The molecule has 0 nitrogen and oxygen atoms in total. The summed E-state index contributed by atoms with van der Waals surface area (Å²) in [5.41, 5.74) is 0. The molecule has 0 heterocycles. The molecule has 0 aromatic carbocycles. The van der Waals surface area contributed by atoms with Crippen LogP contribution in [0.1, 0.15) is 66.2 Å². The third kappa shape index (κ3) is 7.84. The van der Waals surface area contributed by atoms with E-state index in [1.165, 1.54) is 38.5 Å². The lowest BCUT2D eigenvalue weighted by molar-refractivity contribution is 0.341. The lowest BCUT2D eigenvalue weighted by Gasteiger charge is -2.20. The van der Waals surface area contributed by atoms with Crippen LogP contribution in [0.3, 0.4) is 0 Å². The maximum atomic E-state index is 3.64. The van der Waals surface area contributed by atoms with Crippen LogP contribution < -0.4 is 0 Å². The Bertz CT molecular complexity index is 120. The van der Waals surface area contributed by atoms with Gasteiger partial charge in [0.15, 0.2) is 0 Å². The molecule has 3 unspecified atom stereocenters. The van der Waals surface area contributed by atoms with Crippen LogP contribution >= 0.6 is 15.9 Å². The van der Waals surface area contributed by atoms with Crippen LogP contribution in [0.5, 0.6) is 0 Å². The van der Waals surface area contributed by atoms with Crippen LogP contribution in [-0.2, 0) is 0 Å². The number of unbranched alkanes of at least 4 members (excludes halogenated alkanes) is 1. The van der Waals surface area contributed by atoms with Crippen molar-refractivity contribution in [2.75, 3.05) is 0 Å². The van der Waals surface area contributed by atoms with Gasteiger partial charge in [0.05, 0.1) is 0 Å². The first-order valence-corrected chi connectivity index (χ1v) is 7.15. The van der Waals surface area contributed by atoms with Crippen molar-refractivity contribution in [1.82, 2.24) is 0 Å². The monoisotopic (exact) mass is 262 g/mol.